The molecule has 2 rings (SSSR count). The Labute approximate surface area is 128 Å². The van der Waals surface area contributed by atoms with Gasteiger partial charge < -0.3 is 4.74 Å². The van der Waals surface area contributed by atoms with Gasteiger partial charge in [-0.05, 0) is 50.5 Å². The van der Waals surface area contributed by atoms with E-state index >= 15 is 0 Å². The fourth-order valence-electron chi connectivity index (χ4n) is 1.87. The van der Waals surface area contributed by atoms with Gasteiger partial charge in [-0.25, -0.2) is 8.42 Å². The molecule has 0 aliphatic carbocycles. The fraction of sp³-hybridized carbons (Fsp3) is 0.500. The monoisotopic (exact) mass is 359 g/mol. The van der Waals surface area contributed by atoms with Crippen LogP contribution in [-0.4, -0.2) is 26.0 Å². The van der Waals surface area contributed by atoms with Gasteiger partial charge in [0.2, 0.25) is 0 Å². The zero-order valence-electron chi connectivity index (χ0n) is 11.8. The van der Waals surface area contributed by atoms with E-state index in [0.29, 0.717) is 13.2 Å². The first kappa shape index (κ1) is 15.7. The number of sulfonamides is 1. The number of hydrogen-bond donors (Lipinski definition) is 0. The van der Waals surface area contributed by atoms with Crippen molar-refractivity contribution in [3.05, 3.63) is 33.3 Å². The van der Waals surface area contributed by atoms with Crippen LogP contribution in [0.3, 0.4) is 0 Å². The second-order valence-electron chi connectivity index (χ2n) is 5.76. The molecule has 0 unspecified atom stereocenters. The van der Waals surface area contributed by atoms with Crippen molar-refractivity contribution in [2.75, 3.05) is 6.61 Å². The molecule has 1 aromatic rings. The van der Waals surface area contributed by atoms with Gasteiger partial charge in [0.1, 0.15) is 0 Å². The topological polar surface area (TPSA) is 55.7 Å². The SMILES string of the molecule is CC(C)(C)S(=O)(=O)/N=C/c1cc(Br)cc2c1COCC2. The molecule has 1 aromatic carbocycles. The minimum atomic E-state index is -3.52. The average molecular weight is 360 g/mol. The molecule has 0 saturated heterocycles. The second-order valence-corrected chi connectivity index (χ2v) is 9.06. The van der Waals surface area contributed by atoms with Crippen LogP contribution in [0, 0.1) is 0 Å². The number of ether oxygens (including phenoxy) is 1. The molecule has 1 heterocycles. The second kappa shape index (κ2) is 5.58. The molecule has 0 radical (unpaired) electrons. The summed E-state index contributed by atoms with van der Waals surface area (Å²) in [6.45, 7) is 6.11. The van der Waals surface area contributed by atoms with Crippen LogP contribution in [-0.2, 0) is 27.8 Å². The zero-order valence-corrected chi connectivity index (χ0v) is 14.2. The van der Waals surface area contributed by atoms with E-state index in [9.17, 15) is 8.42 Å². The third-order valence-corrected chi connectivity index (χ3v) is 5.60. The molecule has 0 atom stereocenters. The Bertz CT molecular complexity index is 645. The van der Waals surface area contributed by atoms with E-state index in [1.807, 2.05) is 12.1 Å². The standard InChI is InChI=1S/C14H18BrNO3S/c1-14(2,3)20(17,18)16-8-11-7-12(15)6-10-4-5-19-9-13(10)11/h6-8H,4-5,9H2,1-3H3/b16-8+. The van der Waals surface area contributed by atoms with E-state index in [1.165, 1.54) is 11.8 Å². The first-order chi connectivity index (χ1) is 9.21. The van der Waals surface area contributed by atoms with E-state index < -0.39 is 14.8 Å². The molecule has 4 nitrogen and oxygen atoms in total. The number of hydrogen-bond acceptors (Lipinski definition) is 3. The number of benzene rings is 1. The summed E-state index contributed by atoms with van der Waals surface area (Å²) < 4.78 is 33.4. The van der Waals surface area contributed by atoms with Gasteiger partial charge in [0.05, 0.1) is 18.0 Å². The summed E-state index contributed by atoms with van der Waals surface area (Å²) in [6.07, 6.45) is 2.26. The van der Waals surface area contributed by atoms with Crippen LogP contribution < -0.4 is 0 Å². The Balaban J connectivity index is 2.42. The van der Waals surface area contributed by atoms with Crippen LogP contribution in [0.1, 0.15) is 37.5 Å². The van der Waals surface area contributed by atoms with Crippen molar-refractivity contribution in [1.82, 2.24) is 0 Å². The summed E-state index contributed by atoms with van der Waals surface area (Å²) in [5.74, 6) is 0. The molecule has 110 valence electrons. The average Bonchev–Trinajstić information content (AvgIpc) is 2.34. The Kier molecular flexibility index (Phi) is 4.37. The molecule has 0 amide bonds. The Hall–Kier alpha value is -0.720. The molecular weight excluding hydrogens is 342 g/mol. The summed E-state index contributed by atoms with van der Waals surface area (Å²) >= 11 is 3.45. The van der Waals surface area contributed by atoms with E-state index in [2.05, 4.69) is 20.3 Å². The van der Waals surface area contributed by atoms with E-state index in [-0.39, 0.29) is 0 Å². The fourth-order valence-corrected chi connectivity index (χ4v) is 2.96. The first-order valence-corrected chi connectivity index (χ1v) is 8.63. The van der Waals surface area contributed by atoms with Crippen LogP contribution in [0.15, 0.2) is 21.0 Å². The quantitative estimate of drug-likeness (QED) is 0.762. The smallest absolute Gasteiger partial charge is 0.258 e. The summed E-state index contributed by atoms with van der Waals surface area (Å²) in [7, 11) is -3.52. The van der Waals surface area contributed by atoms with Crippen molar-refractivity contribution < 1.29 is 13.2 Å². The lowest BCUT2D eigenvalue weighted by molar-refractivity contribution is 0.110. The van der Waals surface area contributed by atoms with Crippen molar-refractivity contribution in [2.45, 2.75) is 38.5 Å². The molecular formula is C14H18BrNO3S. The predicted molar refractivity (Wildman–Crippen MR) is 83.8 cm³/mol. The molecule has 0 aromatic heterocycles. The highest BCUT2D eigenvalue weighted by atomic mass is 79.9. The Morgan fingerprint density at radius 1 is 1.35 bits per heavy atom. The van der Waals surface area contributed by atoms with Gasteiger partial charge in [0.15, 0.2) is 0 Å². The molecule has 0 spiro atoms. The molecule has 0 N–H and O–H groups in total. The van der Waals surface area contributed by atoms with Gasteiger partial charge in [0, 0.05) is 16.3 Å². The minimum Gasteiger partial charge on any atom is -0.376 e. The lowest BCUT2D eigenvalue weighted by Crippen LogP contribution is -2.26. The van der Waals surface area contributed by atoms with Crippen molar-refractivity contribution >= 4 is 32.2 Å². The van der Waals surface area contributed by atoms with Crippen LogP contribution in [0.25, 0.3) is 0 Å². The molecule has 6 heteroatoms. The predicted octanol–water partition coefficient (Wildman–Crippen LogP) is 3.07. The Morgan fingerprint density at radius 3 is 2.70 bits per heavy atom. The summed E-state index contributed by atoms with van der Waals surface area (Å²) in [6, 6.07) is 3.92. The molecule has 0 fully saturated rings. The Morgan fingerprint density at radius 2 is 2.05 bits per heavy atom. The maximum atomic E-state index is 12.0. The molecule has 1 aliphatic heterocycles. The normalized spacial score (nSPS) is 16.4. The van der Waals surface area contributed by atoms with Gasteiger partial charge in [-0.2, -0.15) is 4.40 Å². The lowest BCUT2D eigenvalue weighted by atomic mass is 9.98. The van der Waals surface area contributed by atoms with Gasteiger partial charge in [-0.3, -0.25) is 0 Å². The van der Waals surface area contributed by atoms with Gasteiger partial charge in [-0.15, -0.1) is 0 Å². The van der Waals surface area contributed by atoms with Crippen molar-refractivity contribution in [2.24, 2.45) is 4.40 Å². The van der Waals surface area contributed by atoms with E-state index in [0.717, 1.165) is 22.0 Å². The van der Waals surface area contributed by atoms with Gasteiger partial charge >= 0.3 is 0 Å². The van der Waals surface area contributed by atoms with E-state index in [4.69, 9.17) is 4.74 Å². The molecule has 0 bridgehead atoms. The van der Waals surface area contributed by atoms with Crippen LogP contribution in [0.5, 0.6) is 0 Å². The van der Waals surface area contributed by atoms with Crippen molar-refractivity contribution in [3.63, 3.8) is 0 Å². The zero-order chi connectivity index (χ0) is 15.0. The van der Waals surface area contributed by atoms with Crippen LogP contribution in [0.2, 0.25) is 0 Å². The van der Waals surface area contributed by atoms with Gasteiger partial charge in [-0.1, -0.05) is 15.9 Å². The minimum absolute atomic E-state index is 0.500. The number of nitrogens with zero attached hydrogens (tertiary/aromatic N) is 1. The highest BCUT2D eigenvalue weighted by Crippen LogP contribution is 2.25. The highest BCUT2D eigenvalue weighted by molar-refractivity contribution is 9.10. The number of fused-ring (bicyclic) bond motifs is 1. The molecule has 0 saturated carbocycles. The van der Waals surface area contributed by atoms with Crippen LogP contribution >= 0.6 is 15.9 Å². The summed E-state index contributed by atoms with van der Waals surface area (Å²) in [4.78, 5) is 0. The third kappa shape index (κ3) is 3.30. The summed E-state index contributed by atoms with van der Waals surface area (Å²) in [5, 5.41) is 0. The van der Waals surface area contributed by atoms with Crippen molar-refractivity contribution in [3.8, 4) is 0 Å². The number of rotatable bonds is 2. The summed E-state index contributed by atoms with van der Waals surface area (Å²) in [5.41, 5.74) is 2.99. The van der Waals surface area contributed by atoms with Gasteiger partial charge in [0.25, 0.3) is 10.0 Å². The first-order valence-electron chi connectivity index (χ1n) is 6.40. The number of halogens is 1. The lowest BCUT2D eigenvalue weighted by Gasteiger charge is -2.19. The van der Waals surface area contributed by atoms with E-state index in [1.54, 1.807) is 20.8 Å². The van der Waals surface area contributed by atoms with Crippen LogP contribution in [0.4, 0.5) is 0 Å². The molecule has 1 aliphatic rings. The largest absolute Gasteiger partial charge is 0.376 e. The highest BCUT2D eigenvalue weighted by Gasteiger charge is 2.28. The third-order valence-electron chi connectivity index (χ3n) is 3.21. The molecule has 20 heavy (non-hydrogen) atoms. The maximum absolute atomic E-state index is 12.0. The van der Waals surface area contributed by atoms with Crippen molar-refractivity contribution in [1.29, 1.82) is 0 Å². The maximum Gasteiger partial charge on any atom is 0.258 e.